The molecule has 2 aliphatic heterocycles. The Kier molecular flexibility index (Phi) is 5.09. The van der Waals surface area contributed by atoms with Crippen LogP contribution >= 0.6 is 0 Å². The van der Waals surface area contributed by atoms with Gasteiger partial charge >= 0.3 is 12.0 Å². The van der Waals surface area contributed by atoms with Crippen LogP contribution in [0.15, 0.2) is 0 Å². The first-order valence-electron chi connectivity index (χ1n) is 9.00. The molecule has 6 nitrogen and oxygen atoms in total. The summed E-state index contributed by atoms with van der Waals surface area (Å²) in [6, 6.07) is 0.151. The van der Waals surface area contributed by atoms with Gasteiger partial charge in [0.15, 0.2) is 0 Å². The number of carboxylic acid groups (broad SMARTS) is 1. The van der Waals surface area contributed by atoms with E-state index >= 15 is 0 Å². The van der Waals surface area contributed by atoms with Crippen LogP contribution in [0.5, 0.6) is 0 Å². The van der Waals surface area contributed by atoms with Crippen molar-refractivity contribution in [1.29, 1.82) is 0 Å². The molecule has 3 fully saturated rings. The van der Waals surface area contributed by atoms with E-state index < -0.39 is 5.97 Å². The molecule has 23 heavy (non-hydrogen) atoms. The highest BCUT2D eigenvalue weighted by Gasteiger charge is 2.39. The van der Waals surface area contributed by atoms with Crippen LogP contribution in [0.1, 0.15) is 57.8 Å². The summed E-state index contributed by atoms with van der Waals surface area (Å²) in [4.78, 5) is 25.2. The second-order valence-corrected chi connectivity index (χ2v) is 7.33. The Bertz CT molecular complexity index is 434. The van der Waals surface area contributed by atoms with Crippen molar-refractivity contribution in [2.45, 2.75) is 69.4 Å². The average molecular weight is 324 g/mol. The van der Waals surface area contributed by atoms with Gasteiger partial charge in [0.2, 0.25) is 0 Å². The number of nitrogens with one attached hydrogen (secondary N) is 1. The number of likely N-dealkylation sites (tertiary alicyclic amines) is 1. The van der Waals surface area contributed by atoms with Crippen molar-refractivity contribution >= 4 is 12.0 Å². The highest BCUT2D eigenvalue weighted by molar-refractivity contribution is 5.75. The van der Waals surface area contributed by atoms with E-state index in [1.54, 1.807) is 4.90 Å². The average Bonchev–Trinajstić information content (AvgIpc) is 2.55. The second kappa shape index (κ2) is 7.07. The molecule has 2 heterocycles. The Hall–Kier alpha value is -1.30. The molecule has 3 aliphatic rings. The van der Waals surface area contributed by atoms with E-state index in [0.29, 0.717) is 25.9 Å². The first-order valence-corrected chi connectivity index (χ1v) is 9.00. The minimum atomic E-state index is -0.742. The molecule has 6 heteroatoms. The predicted molar refractivity (Wildman–Crippen MR) is 85.3 cm³/mol. The molecule has 0 aromatic rings. The third kappa shape index (κ3) is 3.97. The normalized spacial score (nSPS) is 28.5. The van der Waals surface area contributed by atoms with Crippen molar-refractivity contribution in [1.82, 2.24) is 10.2 Å². The Morgan fingerprint density at radius 3 is 2.43 bits per heavy atom. The van der Waals surface area contributed by atoms with Crippen LogP contribution < -0.4 is 5.32 Å². The zero-order valence-corrected chi connectivity index (χ0v) is 13.8. The Balaban J connectivity index is 1.49. The van der Waals surface area contributed by atoms with E-state index in [0.717, 1.165) is 32.3 Å². The van der Waals surface area contributed by atoms with Gasteiger partial charge in [-0.25, -0.2) is 4.79 Å². The lowest BCUT2D eigenvalue weighted by atomic mass is 9.78. The number of amides is 2. The minimum Gasteiger partial charge on any atom is -0.481 e. The molecule has 1 spiro atoms. The van der Waals surface area contributed by atoms with E-state index in [4.69, 9.17) is 9.84 Å². The molecule has 1 unspecified atom stereocenters. The second-order valence-electron chi connectivity index (χ2n) is 7.33. The van der Waals surface area contributed by atoms with Crippen molar-refractivity contribution in [2.24, 2.45) is 5.92 Å². The molecule has 2 amide bonds. The lowest BCUT2D eigenvalue weighted by molar-refractivity contribution is -0.143. The van der Waals surface area contributed by atoms with Gasteiger partial charge in [0.25, 0.3) is 0 Å². The quantitative estimate of drug-likeness (QED) is 0.817. The molecule has 2 saturated heterocycles. The highest BCUT2D eigenvalue weighted by atomic mass is 16.5. The summed E-state index contributed by atoms with van der Waals surface area (Å²) in [5.41, 5.74) is -0.00918. The first kappa shape index (κ1) is 16.6. The molecular weight excluding hydrogens is 296 g/mol. The topological polar surface area (TPSA) is 78.9 Å². The van der Waals surface area contributed by atoms with Crippen molar-refractivity contribution < 1.29 is 19.4 Å². The first-order chi connectivity index (χ1) is 11.1. The van der Waals surface area contributed by atoms with Gasteiger partial charge in [-0.3, -0.25) is 4.79 Å². The van der Waals surface area contributed by atoms with Crippen molar-refractivity contribution in [3.63, 3.8) is 0 Å². The SMILES string of the molecule is O=C(O)C1CCN(C(=O)NC2CCOC3(CCCCC3)C2)CC1. The summed E-state index contributed by atoms with van der Waals surface area (Å²) in [6.45, 7) is 1.81. The fourth-order valence-electron chi connectivity index (χ4n) is 4.29. The van der Waals surface area contributed by atoms with Gasteiger partial charge in [-0.15, -0.1) is 0 Å². The number of hydrogen-bond acceptors (Lipinski definition) is 3. The summed E-state index contributed by atoms with van der Waals surface area (Å²) in [5, 5.41) is 12.2. The predicted octanol–water partition coefficient (Wildman–Crippen LogP) is 2.37. The molecule has 0 bridgehead atoms. The van der Waals surface area contributed by atoms with Gasteiger partial charge in [-0.05, 0) is 38.5 Å². The zero-order valence-electron chi connectivity index (χ0n) is 13.8. The van der Waals surface area contributed by atoms with Gasteiger partial charge in [0.05, 0.1) is 11.5 Å². The Morgan fingerprint density at radius 2 is 1.78 bits per heavy atom. The molecule has 0 aromatic carbocycles. The molecule has 1 atom stereocenters. The summed E-state index contributed by atoms with van der Waals surface area (Å²) < 4.78 is 6.07. The lowest BCUT2D eigenvalue weighted by Crippen LogP contribution is -2.53. The maximum absolute atomic E-state index is 12.4. The van der Waals surface area contributed by atoms with Gasteiger partial charge < -0.3 is 20.1 Å². The fraction of sp³-hybridized carbons (Fsp3) is 0.882. The maximum Gasteiger partial charge on any atom is 0.317 e. The minimum absolute atomic E-state index is 0.00918. The van der Waals surface area contributed by atoms with Crippen LogP contribution in [0.2, 0.25) is 0 Å². The van der Waals surface area contributed by atoms with Crippen LogP contribution in [0.3, 0.4) is 0 Å². The standard InChI is InChI=1S/C17H28N2O4/c20-15(21)13-4-9-19(10-5-13)16(22)18-14-6-11-23-17(12-14)7-2-1-3-8-17/h13-14H,1-12H2,(H,18,22)(H,20,21). The number of urea groups is 1. The third-order valence-corrected chi connectivity index (χ3v) is 5.72. The van der Waals surface area contributed by atoms with Crippen molar-refractivity contribution in [2.75, 3.05) is 19.7 Å². The third-order valence-electron chi connectivity index (χ3n) is 5.72. The summed E-state index contributed by atoms with van der Waals surface area (Å²) in [7, 11) is 0. The van der Waals surface area contributed by atoms with Gasteiger partial charge in [0, 0.05) is 25.7 Å². The molecule has 1 saturated carbocycles. The number of hydrogen-bond donors (Lipinski definition) is 2. The number of carbonyl (C=O) groups excluding carboxylic acids is 1. The number of aliphatic carboxylic acids is 1. The molecule has 1 aliphatic carbocycles. The zero-order chi connectivity index (χ0) is 16.3. The van der Waals surface area contributed by atoms with Gasteiger partial charge in [0.1, 0.15) is 0 Å². The number of nitrogens with zero attached hydrogens (tertiary/aromatic N) is 1. The summed E-state index contributed by atoms with van der Waals surface area (Å²) >= 11 is 0. The van der Waals surface area contributed by atoms with Crippen LogP contribution in [0.4, 0.5) is 4.79 Å². The number of carboxylic acids is 1. The van der Waals surface area contributed by atoms with Crippen LogP contribution in [0, 0.1) is 5.92 Å². The van der Waals surface area contributed by atoms with Gasteiger partial charge in [-0.2, -0.15) is 0 Å². The van der Waals surface area contributed by atoms with E-state index in [1.807, 2.05) is 0 Å². The van der Waals surface area contributed by atoms with Crippen molar-refractivity contribution in [3.05, 3.63) is 0 Å². The number of piperidine rings is 1. The molecular formula is C17H28N2O4. The van der Waals surface area contributed by atoms with E-state index in [2.05, 4.69) is 5.32 Å². The van der Waals surface area contributed by atoms with Crippen LogP contribution in [0.25, 0.3) is 0 Å². The summed E-state index contributed by atoms with van der Waals surface area (Å²) in [5.74, 6) is -1.04. The molecule has 0 radical (unpaired) electrons. The maximum atomic E-state index is 12.4. The van der Waals surface area contributed by atoms with E-state index in [9.17, 15) is 9.59 Å². The molecule has 3 rings (SSSR count). The van der Waals surface area contributed by atoms with Crippen LogP contribution in [-0.4, -0.2) is 53.3 Å². The molecule has 130 valence electrons. The van der Waals surface area contributed by atoms with Gasteiger partial charge in [-0.1, -0.05) is 19.3 Å². The molecule has 0 aromatic heterocycles. The lowest BCUT2D eigenvalue weighted by Gasteiger charge is -2.44. The van der Waals surface area contributed by atoms with E-state index in [-0.39, 0.29) is 23.6 Å². The number of ether oxygens (including phenoxy) is 1. The highest BCUT2D eigenvalue weighted by Crippen LogP contribution is 2.38. The Morgan fingerprint density at radius 1 is 1.09 bits per heavy atom. The molecule has 2 N–H and O–H groups in total. The fourth-order valence-corrected chi connectivity index (χ4v) is 4.29. The number of rotatable bonds is 2. The monoisotopic (exact) mass is 324 g/mol. The largest absolute Gasteiger partial charge is 0.481 e. The van der Waals surface area contributed by atoms with Crippen LogP contribution in [-0.2, 0) is 9.53 Å². The van der Waals surface area contributed by atoms with E-state index in [1.165, 1.54) is 19.3 Å². The number of carbonyl (C=O) groups is 2. The smallest absolute Gasteiger partial charge is 0.317 e. The van der Waals surface area contributed by atoms with Crippen molar-refractivity contribution in [3.8, 4) is 0 Å². The summed E-state index contributed by atoms with van der Waals surface area (Å²) in [6.07, 6.45) is 8.88. The Labute approximate surface area is 137 Å².